The summed E-state index contributed by atoms with van der Waals surface area (Å²) in [5, 5.41) is 8.38. The lowest BCUT2D eigenvalue weighted by atomic mass is 10.2. The SMILES string of the molecule is Clc1cccc(C2=NN(c3ccccc3)CS2)c1. The van der Waals surface area contributed by atoms with Gasteiger partial charge in [-0.2, -0.15) is 5.10 Å². The van der Waals surface area contributed by atoms with Crippen molar-refractivity contribution in [3.63, 3.8) is 0 Å². The molecule has 0 atom stereocenters. The fourth-order valence-corrected chi connectivity index (χ4v) is 2.88. The van der Waals surface area contributed by atoms with Gasteiger partial charge in [0.2, 0.25) is 0 Å². The zero-order chi connectivity index (χ0) is 12.4. The normalized spacial score (nSPS) is 14.7. The zero-order valence-electron chi connectivity index (χ0n) is 9.58. The molecule has 0 radical (unpaired) electrons. The van der Waals surface area contributed by atoms with Gasteiger partial charge in [-0.1, -0.05) is 53.7 Å². The van der Waals surface area contributed by atoms with E-state index in [9.17, 15) is 0 Å². The summed E-state index contributed by atoms with van der Waals surface area (Å²) in [6.07, 6.45) is 0. The van der Waals surface area contributed by atoms with Gasteiger partial charge in [0.05, 0.1) is 11.6 Å². The lowest BCUT2D eigenvalue weighted by Crippen LogP contribution is -2.09. The van der Waals surface area contributed by atoms with Gasteiger partial charge in [0.15, 0.2) is 0 Å². The summed E-state index contributed by atoms with van der Waals surface area (Å²) < 4.78 is 0. The molecule has 0 fully saturated rings. The van der Waals surface area contributed by atoms with Gasteiger partial charge in [0.1, 0.15) is 5.04 Å². The van der Waals surface area contributed by atoms with Crippen molar-refractivity contribution in [1.29, 1.82) is 0 Å². The molecule has 2 nitrogen and oxygen atoms in total. The van der Waals surface area contributed by atoms with E-state index in [0.29, 0.717) is 0 Å². The van der Waals surface area contributed by atoms with E-state index in [1.165, 1.54) is 0 Å². The van der Waals surface area contributed by atoms with Crippen LogP contribution in [0.3, 0.4) is 0 Å². The number of hydrogen-bond donors (Lipinski definition) is 0. The number of rotatable bonds is 2. The number of anilines is 1. The molecule has 1 aliphatic heterocycles. The maximum atomic E-state index is 6.00. The highest BCUT2D eigenvalue weighted by Crippen LogP contribution is 2.28. The monoisotopic (exact) mass is 274 g/mol. The summed E-state index contributed by atoms with van der Waals surface area (Å²) in [5.41, 5.74) is 2.19. The quantitative estimate of drug-likeness (QED) is 0.815. The Hall–Kier alpha value is -1.45. The standard InChI is InChI=1S/C14H11ClN2S/c15-12-6-4-5-11(9-12)14-16-17(10-18-14)13-7-2-1-3-8-13/h1-9H,10H2. The Balaban J connectivity index is 1.88. The van der Waals surface area contributed by atoms with Crippen LogP contribution in [0.2, 0.25) is 5.02 Å². The number of thioether (sulfide) groups is 1. The van der Waals surface area contributed by atoms with Gasteiger partial charge in [0, 0.05) is 10.6 Å². The average molecular weight is 275 g/mol. The van der Waals surface area contributed by atoms with Crippen LogP contribution in [0.1, 0.15) is 5.56 Å². The number of para-hydroxylation sites is 1. The fraction of sp³-hybridized carbons (Fsp3) is 0.0714. The van der Waals surface area contributed by atoms with Crippen molar-refractivity contribution in [3.8, 4) is 0 Å². The smallest absolute Gasteiger partial charge is 0.126 e. The third-order valence-corrected chi connectivity index (χ3v) is 3.86. The number of hydrogen-bond acceptors (Lipinski definition) is 3. The Morgan fingerprint density at radius 1 is 1.06 bits per heavy atom. The molecule has 0 amide bonds. The topological polar surface area (TPSA) is 15.6 Å². The minimum absolute atomic E-state index is 0.744. The van der Waals surface area contributed by atoms with Gasteiger partial charge in [-0.15, -0.1) is 0 Å². The molecule has 3 rings (SSSR count). The molecule has 2 aromatic rings. The first-order chi connectivity index (χ1) is 8.83. The first-order valence-corrected chi connectivity index (χ1v) is 6.99. The van der Waals surface area contributed by atoms with Gasteiger partial charge in [-0.3, -0.25) is 5.01 Å². The molecule has 0 saturated heterocycles. The van der Waals surface area contributed by atoms with Gasteiger partial charge in [0.25, 0.3) is 0 Å². The molecular weight excluding hydrogens is 264 g/mol. The predicted octanol–water partition coefficient (Wildman–Crippen LogP) is 4.21. The van der Waals surface area contributed by atoms with Gasteiger partial charge in [-0.25, -0.2) is 0 Å². The van der Waals surface area contributed by atoms with E-state index in [-0.39, 0.29) is 0 Å². The van der Waals surface area contributed by atoms with E-state index >= 15 is 0 Å². The first-order valence-electron chi connectivity index (χ1n) is 5.63. The minimum atomic E-state index is 0.744. The third kappa shape index (κ3) is 2.37. The van der Waals surface area contributed by atoms with Crippen LogP contribution >= 0.6 is 23.4 Å². The van der Waals surface area contributed by atoms with Gasteiger partial charge >= 0.3 is 0 Å². The lowest BCUT2D eigenvalue weighted by Gasteiger charge is -2.11. The molecule has 1 aliphatic rings. The van der Waals surface area contributed by atoms with Crippen LogP contribution in [-0.2, 0) is 0 Å². The molecular formula is C14H11ClN2S. The molecule has 0 saturated carbocycles. The Morgan fingerprint density at radius 2 is 1.89 bits per heavy atom. The Labute approximate surface area is 115 Å². The minimum Gasteiger partial charge on any atom is -0.254 e. The van der Waals surface area contributed by atoms with Crippen LogP contribution in [0.4, 0.5) is 5.69 Å². The second-order valence-electron chi connectivity index (χ2n) is 3.92. The molecule has 0 aliphatic carbocycles. The lowest BCUT2D eigenvalue weighted by molar-refractivity contribution is 1.01. The first kappa shape index (κ1) is 11.6. The largest absolute Gasteiger partial charge is 0.254 e. The van der Waals surface area contributed by atoms with Gasteiger partial charge < -0.3 is 0 Å². The van der Waals surface area contributed by atoms with Crippen LogP contribution in [0, 0.1) is 0 Å². The molecule has 2 aromatic carbocycles. The van der Waals surface area contributed by atoms with Crippen molar-refractivity contribution in [2.24, 2.45) is 5.10 Å². The third-order valence-electron chi connectivity index (χ3n) is 2.66. The van der Waals surface area contributed by atoms with Crippen molar-refractivity contribution >= 4 is 34.1 Å². The summed E-state index contributed by atoms with van der Waals surface area (Å²) in [5.74, 6) is 0.839. The van der Waals surface area contributed by atoms with Crippen LogP contribution in [0.5, 0.6) is 0 Å². The highest BCUT2D eigenvalue weighted by molar-refractivity contribution is 8.14. The van der Waals surface area contributed by atoms with E-state index < -0.39 is 0 Å². The van der Waals surface area contributed by atoms with E-state index in [1.807, 2.05) is 47.5 Å². The van der Waals surface area contributed by atoms with Crippen molar-refractivity contribution < 1.29 is 0 Å². The Kier molecular flexibility index (Phi) is 3.26. The molecule has 1 heterocycles. The summed E-state index contributed by atoms with van der Waals surface area (Å²) in [6, 6.07) is 18.0. The van der Waals surface area contributed by atoms with E-state index in [4.69, 9.17) is 11.6 Å². The summed E-state index contributed by atoms with van der Waals surface area (Å²) in [6.45, 7) is 0. The molecule has 4 heteroatoms. The van der Waals surface area contributed by atoms with Gasteiger partial charge in [-0.05, 0) is 24.3 Å². The molecule has 90 valence electrons. The van der Waals surface area contributed by atoms with Crippen LogP contribution in [0.15, 0.2) is 59.7 Å². The van der Waals surface area contributed by atoms with Crippen LogP contribution in [0.25, 0.3) is 0 Å². The average Bonchev–Trinajstić information content (AvgIpc) is 2.89. The fourth-order valence-electron chi connectivity index (χ4n) is 1.78. The number of hydrazone groups is 1. The highest BCUT2D eigenvalue weighted by Gasteiger charge is 2.17. The second-order valence-corrected chi connectivity index (χ2v) is 5.29. The summed E-state index contributed by atoms with van der Waals surface area (Å²) in [4.78, 5) is 0. The highest BCUT2D eigenvalue weighted by atomic mass is 35.5. The van der Waals surface area contributed by atoms with Crippen molar-refractivity contribution in [1.82, 2.24) is 0 Å². The molecule has 0 spiro atoms. The maximum absolute atomic E-state index is 6.00. The van der Waals surface area contributed by atoms with Crippen LogP contribution in [-0.4, -0.2) is 10.9 Å². The summed E-state index contributed by atoms with van der Waals surface area (Å²) in [7, 11) is 0. The molecule has 18 heavy (non-hydrogen) atoms. The molecule has 0 N–H and O–H groups in total. The van der Waals surface area contributed by atoms with Crippen molar-refractivity contribution in [2.75, 3.05) is 10.9 Å². The van der Waals surface area contributed by atoms with E-state index in [2.05, 4.69) is 17.2 Å². The number of nitrogens with zero attached hydrogens (tertiary/aromatic N) is 2. The molecule has 0 bridgehead atoms. The second kappa shape index (κ2) is 5.04. The Bertz CT molecular complexity index is 583. The van der Waals surface area contributed by atoms with E-state index in [0.717, 1.165) is 27.2 Å². The summed E-state index contributed by atoms with van der Waals surface area (Å²) >= 11 is 7.72. The van der Waals surface area contributed by atoms with E-state index in [1.54, 1.807) is 11.8 Å². The maximum Gasteiger partial charge on any atom is 0.126 e. The van der Waals surface area contributed by atoms with Crippen molar-refractivity contribution in [3.05, 3.63) is 65.2 Å². The van der Waals surface area contributed by atoms with Crippen molar-refractivity contribution in [2.45, 2.75) is 0 Å². The van der Waals surface area contributed by atoms with Crippen LogP contribution < -0.4 is 5.01 Å². The zero-order valence-corrected chi connectivity index (χ0v) is 11.2. The Morgan fingerprint density at radius 3 is 2.67 bits per heavy atom. The predicted molar refractivity (Wildman–Crippen MR) is 79.4 cm³/mol. The number of halogens is 1. The number of benzene rings is 2. The molecule has 0 aromatic heterocycles. The molecule has 0 unspecified atom stereocenters.